The Morgan fingerprint density at radius 1 is 0.974 bits per heavy atom. The van der Waals surface area contributed by atoms with E-state index in [1.165, 1.54) is 11.4 Å². The maximum absolute atomic E-state index is 13.9. The summed E-state index contributed by atoms with van der Waals surface area (Å²) in [5.74, 6) is -1.62. The molecule has 1 aliphatic heterocycles. The van der Waals surface area contributed by atoms with Gasteiger partial charge in [0, 0.05) is 43.8 Å². The van der Waals surface area contributed by atoms with Crippen LogP contribution in [0.15, 0.2) is 0 Å². The number of fused-ring (bicyclic) bond motifs is 1. The monoisotopic (exact) mass is 556 g/mol. The van der Waals surface area contributed by atoms with E-state index in [2.05, 4.69) is 13.8 Å². The quantitative estimate of drug-likeness (QED) is 0.391. The van der Waals surface area contributed by atoms with Crippen molar-refractivity contribution in [3.05, 3.63) is 0 Å². The number of nitrogens with zero attached hydrogens (tertiary/aromatic N) is 2. The van der Waals surface area contributed by atoms with E-state index in [0.29, 0.717) is 6.54 Å². The van der Waals surface area contributed by atoms with Gasteiger partial charge in [-0.15, -0.1) is 0 Å². The molecule has 1 saturated carbocycles. The maximum atomic E-state index is 13.9. The van der Waals surface area contributed by atoms with Crippen LogP contribution in [0.3, 0.4) is 0 Å². The molecule has 5 atom stereocenters. The Hall–Kier alpha value is -1.48. The number of esters is 1. The van der Waals surface area contributed by atoms with E-state index >= 15 is 0 Å². The first-order valence-electron chi connectivity index (χ1n) is 13.7. The fraction of sp³-hybridized carbons (Fsp3) is 0.897. The predicted octanol–water partition coefficient (Wildman–Crippen LogP) is 4.38. The van der Waals surface area contributed by atoms with Crippen molar-refractivity contribution in [2.24, 2.45) is 39.9 Å². The lowest BCUT2D eigenvalue weighted by molar-refractivity contribution is -0.156. The van der Waals surface area contributed by atoms with E-state index in [-0.39, 0.29) is 47.5 Å². The first-order valence-corrected chi connectivity index (χ1v) is 15.3. The van der Waals surface area contributed by atoms with E-state index in [1.807, 2.05) is 62.3 Å². The van der Waals surface area contributed by atoms with Crippen molar-refractivity contribution in [2.45, 2.75) is 101 Å². The van der Waals surface area contributed by atoms with Crippen molar-refractivity contribution in [3.8, 4) is 0 Å². The Morgan fingerprint density at radius 3 is 1.92 bits per heavy atom. The number of rotatable bonds is 9. The van der Waals surface area contributed by atoms with Crippen LogP contribution in [0, 0.1) is 39.9 Å². The summed E-state index contributed by atoms with van der Waals surface area (Å²) in [6, 6.07) is -0.632. The number of likely N-dealkylation sites (tertiary alicyclic amines) is 1. The number of carbonyl (C=O) groups excluding carboxylic acids is 3. The summed E-state index contributed by atoms with van der Waals surface area (Å²) in [4.78, 5) is 41.8. The van der Waals surface area contributed by atoms with Crippen molar-refractivity contribution in [3.63, 3.8) is 0 Å². The summed E-state index contributed by atoms with van der Waals surface area (Å²) in [5, 5.41) is 0. The van der Waals surface area contributed by atoms with Crippen molar-refractivity contribution >= 4 is 27.7 Å². The zero-order valence-corrected chi connectivity index (χ0v) is 26.8. The zero-order chi connectivity index (χ0) is 29.8. The van der Waals surface area contributed by atoms with Crippen LogP contribution in [0.2, 0.25) is 0 Å². The minimum Gasteiger partial charge on any atom is -0.467 e. The highest BCUT2D eigenvalue weighted by atomic mass is 32.2. The van der Waals surface area contributed by atoms with E-state index in [0.717, 1.165) is 0 Å². The molecule has 0 aromatic carbocycles. The molecule has 0 aromatic heterocycles. The lowest BCUT2D eigenvalue weighted by atomic mass is 9.74. The standard InChI is InChI=1S/C29H52N2O6S/c1-26(2,3)18(17-38(35,36)30(12)28(7,8)9)14-19(32)15-20(27(4,5)6)24(33)31-16-21-22(29(21,10)11)23(31)25(34)37-13/h18,20-23H,14-17H2,1-13H3/t18-,20-,21+,22+,23+/m1/s1. The van der Waals surface area contributed by atoms with Crippen LogP contribution in [0.1, 0.15) is 89.0 Å². The normalized spacial score (nSPS) is 25.1. The molecule has 38 heavy (non-hydrogen) atoms. The van der Waals surface area contributed by atoms with E-state index < -0.39 is 50.2 Å². The van der Waals surface area contributed by atoms with Crippen molar-refractivity contribution in [1.29, 1.82) is 0 Å². The number of ketones is 1. The number of methoxy groups -OCH3 is 1. The van der Waals surface area contributed by atoms with Gasteiger partial charge in [0.1, 0.15) is 11.8 Å². The molecule has 0 spiro atoms. The highest BCUT2D eigenvalue weighted by molar-refractivity contribution is 7.89. The van der Waals surface area contributed by atoms with Gasteiger partial charge in [0.05, 0.1) is 12.9 Å². The largest absolute Gasteiger partial charge is 0.467 e. The summed E-state index contributed by atoms with van der Waals surface area (Å²) in [6.45, 7) is 21.9. The van der Waals surface area contributed by atoms with Gasteiger partial charge in [-0.25, -0.2) is 13.2 Å². The number of carbonyl (C=O) groups is 3. The fourth-order valence-corrected chi connectivity index (χ4v) is 8.04. The lowest BCUT2D eigenvalue weighted by Gasteiger charge is -2.38. The molecule has 0 unspecified atom stereocenters. The molecule has 1 heterocycles. The molecule has 0 radical (unpaired) electrons. The topological polar surface area (TPSA) is 101 Å². The highest BCUT2D eigenvalue weighted by Crippen LogP contribution is 2.65. The molecule has 1 amide bonds. The van der Waals surface area contributed by atoms with E-state index in [9.17, 15) is 22.8 Å². The average Bonchev–Trinajstić information content (AvgIpc) is 3.07. The number of ether oxygens (including phenoxy) is 1. The van der Waals surface area contributed by atoms with Gasteiger partial charge in [0.25, 0.3) is 0 Å². The predicted molar refractivity (Wildman–Crippen MR) is 150 cm³/mol. The summed E-state index contributed by atoms with van der Waals surface area (Å²) >= 11 is 0. The SMILES string of the molecule is COC(=O)[C@@H]1[C@@H]2[C@H](CN1C(=O)[C@@H](CC(=O)C[C@H](CS(=O)(=O)N(C)C(C)(C)C)C(C)(C)C)C(C)(C)C)C2(C)C. The molecular weight excluding hydrogens is 504 g/mol. The number of amides is 1. The highest BCUT2D eigenvalue weighted by Gasteiger charge is 2.70. The van der Waals surface area contributed by atoms with Crippen molar-refractivity contribution < 1.29 is 27.5 Å². The Morgan fingerprint density at radius 2 is 1.50 bits per heavy atom. The third-order valence-corrected chi connectivity index (χ3v) is 11.4. The average molecular weight is 557 g/mol. The third-order valence-electron chi connectivity index (χ3n) is 9.18. The molecule has 0 aromatic rings. The summed E-state index contributed by atoms with van der Waals surface area (Å²) in [5.41, 5.74) is -1.55. The van der Waals surface area contributed by atoms with Crippen LogP contribution in [-0.2, 0) is 29.1 Å². The van der Waals surface area contributed by atoms with Crippen LogP contribution < -0.4 is 0 Å². The van der Waals surface area contributed by atoms with Gasteiger partial charge in [0.2, 0.25) is 15.9 Å². The minimum atomic E-state index is -3.61. The summed E-state index contributed by atoms with van der Waals surface area (Å²) < 4.78 is 32.9. The Labute approximate surface area is 231 Å². The molecule has 2 rings (SSSR count). The molecule has 2 fully saturated rings. The third kappa shape index (κ3) is 6.80. The first kappa shape index (κ1) is 32.7. The van der Waals surface area contributed by atoms with Crippen LogP contribution >= 0.6 is 0 Å². The number of hydrogen-bond donors (Lipinski definition) is 0. The van der Waals surface area contributed by atoms with Crippen molar-refractivity contribution in [1.82, 2.24) is 9.21 Å². The molecule has 0 N–H and O–H groups in total. The van der Waals surface area contributed by atoms with Crippen LogP contribution in [-0.4, -0.2) is 73.3 Å². The molecule has 9 heteroatoms. The van der Waals surface area contributed by atoms with Gasteiger partial charge in [-0.05, 0) is 48.9 Å². The molecule has 8 nitrogen and oxygen atoms in total. The lowest BCUT2D eigenvalue weighted by Crippen LogP contribution is -2.50. The van der Waals surface area contributed by atoms with Gasteiger partial charge < -0.3 is 9.64 Å². The molecule has 220 valence electrons. The first-order chi connectivity index (χ1) is 16.9. The molecule has 1 saturated heterocycles. The van der Waals surface area contributed by atoms with Crippen molar-refractivity contribution in [2.75, 3.05) is 26.5 Å². The summed E-state index contributed by atoms with van der Waals surface area (Å²) in [6.07, 6.45) is 0.0759. The second kappa shape index (κ2) is 10.5. The van der Waals surface area contributed by atoms with Gasteiger partial charge in [0.15, 0.2) is 0 Å². The minimum absolute atomic E-state index is 0.00713. The molecule has 0 bridgehead atoms. The van der Waals surface area contributed by atoms with Gasteiger partial charge in [-0.1, -0.05) is 55.4 Å². The van der Waals surface area contributed by atoms with Crippen LogP contribution in [0.4, 0.5) is 0 Å². The maximum Gasteiger partial charge on any atom is 0.328 e. The van der Waals surface area contributed by atoms with Gasteiger partial charge >= 0.3 is 5.97 Å². The number of Topliss-reactive ketones (excluding diaryl/α,β-unsaturated/α-hetero) is 1. The van der Waals surface area contributed by atoms with Gasteiger partial charge in [-0.2, -0.15) is 4.31 Å². The Balaban J connectivity index is 2.26. The second-order valence-corrected chi connectivity index (χ2v) is 17.3. The van der Waals surface area contributed by atoms with Crippen LogP contribution in [0.25, 0.3) is 0 Å². The van der Waals surface area contributed by atoms with Crippen LogP contribution in [0.5, 0.6) is 0 Å². The molecule has 1 aliphatic carbocycles. The van der Waals surface area contributed by atoms with E-state index in [1.54, 1.807) is 11.9 Å². The smallest absolute Gasteiger partial charge is 0.328 e. The Bertz CT molecular complexity index is 1030. The Kier molecular flexibility index (Phi) is 9.04. The number of sulfonamides is 1. The number of piperidine rings is 1. The fourth-order valence-electron chi connectivity index (χ4n) is 5.85. The second-order valence-electron chi connectivity index (χ2n) is 15.3. The molecular formula is C29H52N2O6S. The zero-order valence-electron chi connectivity index (χ0n) is 26.0. The summed E-state index contributed by atoms with van der Waals surface area (Å²) in [7, 11) is -0.692. The van der Waals surface area contributed by atoms with Gasteiger partial charge in [-0.3, -0.25) is 9.59 Å². The molecule has 2 aliphatic rings. The number of hydrogen-bond acceptors (Lipinski definition) is 6. The van der Waals surface area contributed by atoms with E-state index in [4.69, 9.17) is 4.74 Å².